The minimum Gasteiger partial charge on any atom is -0.376 e. The molecule has 3 nitrogen and oxygen atoms in total. The van der Waals surface area contributed by atoms with Crippen molar-refractivity contribution >= 4 is 11.5 Å². The number of ether oxygens (including phenoxy) is 1. The maximum atomic E-state index is 5.76. The molecule has 1 aliphatic rings. The maximum Gasteiger partial charge on any atom is 0.0785 e. The first-order valence-corrected chi connectivity index (χ1v) is 5.94. The highest BCUT2D eigenvalue weighted by Crippen LogP contribution is 2.25. The first-order valence-electron chi connectivity index (χ1n) is 5.11. The van der Waals surface area contributed by atoms with Crippen LogP contribution in [0.25, 0.3) is 0 Å². The van der Waals surface area contributed by atoms with Crippen LogP contribution in [0.1, 0.15) is 31.0 Å². The lowest BCUT2D eigenvalue weighted by atomic mass is 10.00. The molecule has 0 bridgehead atoms. The number of rotatable bonds is 3. The summed E-state index contributed by atoms with van der Waals surface area (Å²) in [7, 11) is 1.97. The highest BCUT2D eigenvalue weighted by molar-refractivity contribution is 7.03. The topological polar surface area (TPSA) is 34.2 Å². The molecule has 0 aromatic carbocycles. The van der Waals surface area contributed by atoms with Crippen LogP contribution in [0, 0.1) is 0 Å². The largest absolute Gasteiger partial charge is 0.376 e. The van der Waals surface area contributed by atoms with Gasteiger partial charge < -0.3 is 10.1 Å². The fourth-order valence-corrected chi connectivity index (χ4v) is 2.49. The number of nitrogens with zero attached hydrogens (tertiary/aromatic N) is 1. The molecule has 1 N–H and O–H groups in total. The van der Waals surface area contributed by atoms with Gasteiger partial charge in [-0.15, -0.1) is 0 Å². The number of hydrogen-bond acceptors (Lipinski definition) is 4. The van der Waals surface area contributed by atoms with E-state index in [9.17, 15) is 0 Å². The van der Waals surface area contributed by atoms with Gasteiger partial charge in [0.2, 0.25) is 0 Å². The highest BCUT2D eigenvalue weighted by Gasteiger charge is 2.25. The van der Waals surface area contributed by atoms with Crippen LogP contribution in [0.3, 0.4) is 0 Å². The van der Waals surface area contributed by atoms with Crippen molar-refractivity contribution in [1.29, 1.82) is 0 Å². The van der Waals surface area contributed by atoms with E-state index in [-0.39, 0.29) is 6.04 Å². The molecule has 78 valence electrons. The second-order valence-corrected chi connectivity index (χ2v) is 4.26. The first kappa shape index (κ1) is 10.1. The Bertz CT molecular complexity index is 257. The van der Waals surface area contributed by atoms with Gasteiger partial charge in [-0.05, 0) is 43.9 Å². The molecular weight excluding hydrogens is 196 g/mol. The third-order valence-corrected chi connectivity index (χ3v) is 3.25. The zero-order valence-corrected chi connectivity index (χ0v) is 9.22. The van der Waals surface area contributed by atoms with Gasteiger partial charge in [-0.25, -0.2) is 0 Å². The monoisotopic (exact) mass is 212 g/mol. The summed E-state index contributed by atoms with van der Waals surface area (Å²) in [4.78, 5) is 0. The number of hydrogen-bond donors (Lipinski definition) is 1. The lowest BCUT2D eigenvalue weighted by Crippen LogP contribution is -2.34. The van der Waals surface area contributed by atoms with Crippen LogP contribution in [0.2, 0.25) is 0 Å². The van der Waals surface area contributed by atoms with Gasteiger partial charge in [0.15, 0.2) is 0 Å². The summed E-state index contributed by atoms with van der Waals surface area (Å²) < 4.78 is 10.1. The summed E-state index contributed by atoms with van der Waals surface area (Å²) in [5, 5.41) is 5.31. The lowest BCUT2D eigenvalue weighted by Gasteiger charge is -2.29. The summed E-state index contributed by atoms with van der Waals surface area (Å²) >= 11 is 1.50. The molecule has 1 fully saturated rings. The zero-order valence-electron chi connectivity index (χ0n) is 8.40. The molecule has 1 aliphatic heterocycles. The normalized spacial score (nSPS) is 24.8. The van der Waals surface area contributed by atoms with Crippen LogP contribution >= 0.6 is 11.5 Å². The van der Waals surface area contributed by atoms with Gasteiger partial charge in [0.1, 0.15) is 0 Å². The Morgan fingerprint density at radius 3 is 3.14 bits per heavy atom. The molecule has 4 heteroatoms. The Kier molecular flexibility index (Phi) is 3.50. The third kappa shape index (κ3) is 2.13. The molecule has 14 heavy (non-hydrogen) atoms. The van der Waals surface area contributed by atoms with E-state index in [1.807, 2.05) is 12.4 Å². The van der Waals surface area contributed by atoms with Crippen LogP contribution in [0.5, 0.6) is 0 Å². The predicted molar refractivity (Wildman–Crippen MR) is 57.5 cm³/mol. The van der Waals surface area contributed by atoms with Crippen molar-refractivity contribution in [3.63, 3.8) is 0 Å². The van der Waals surface area contributed by atoms with E-state index >= 15 is 0 Å². The minimum absolute atomic E-state index is 0.265. The van der Waals surface area contributed by atoms with Crippen molar-refractivity contribution in [2.75, 3.05) is 13.7 Å². The zero-order chi connectivity index (χ0) is 9.80. The molecule has 2 heterocycles. The molecule has 0 spiro atoms. The van der Waals surface area contributed by atoms with E-state index in [1.54, 1.807) is 0 Å². The minimum atomic E-state index is 0.265. The van der Waals surface area contributed by atoms with Gasteiger partial charge in [0.25, 0.3) is 0 Å². The fraction of sp³-hybridized carbons (Fsp3) is 0.700. The molecule has 1 aromatic heterocycles. The van der Waals surface area contributed by atoms with Crippen molar-refractivity contribution < 1.29 is 4.74 Å². The van der Waals surface area contributed by atoms with E-state index in [1.165, 1.54) is 24.4 Å². The lowest BCUT2D eigenvalue weighted by molar-refractivity contribution is -0.00728. The Labute approximate surface area is 88.6 Å². The highest BCUT2D eigenvalue weighted by atomic mass is 32.1. The molecule has 0 amide bonds. The summed E-state index contributed by atoms with van der Waals surface area (Å²) in [5.41, 5.74) is 1.12. The van der Waals surface area contributed by atoms with E-state index in [0.29, 0.717) is 6.10 Å². The first-order chi connectivity index (χ1) is 6.92. The second kappa shape index (κ2) is 4.87. The Morgan fingerprint density at radius 1 is 1.64 bits per heavy atom. The average Bonchev–Trinajstić information content (AvgIpc) is 2.74. The summed E-state index contributed by atoms with van der Waals surface area (Å²) in [6.45, 7) is 0.896. The molecule has 1 saturated heterocycles. The Morgan fingerprint density at radius 2 is 2.57 bits per heavy atom. The molecule has 2 rings (SSSR count). The smallest absolute Gasteiger partial charge is 0.0785 e. The number of aromatic nitrogens is 1. The predicted octanol–water partition coefficient (Wildman–Crippen LogP) is 1.97. The van der Waals surface area contributed by atoms with Crippen LogP contribution < -0.4 is 5.32 Å². The van der Waals surface area contributed by atoms with Crippen LogP contribution in [-0.2, 0) is 4.74 Å². The van der Waals surface area contributed by atoms with E-state index in [2.05, 4.69) is 15.8 Å². The Balaban J connectivity index is 2.04. The van der Waals surface area contributed by atoms with Gasteiger partial charge in [-0.2, -0.15) is 4.37 Å². The number of likely N-dealkylation sites (N-methyl/N-ethyl adjacent to an activating group) is 1. The summed E-state index contributed by atoms with van der Waals surface area (Å²) in [6.07, 6.45) is 3.91. The van der Waals surface area contributed by atoms with Crippen LogP contribution in [0.4, 0.5) is 0 Å². The van der Waals surface area contributed by atoms with Gasteiger partial charge >= 0.3 is 0 Å². The maximum absolute atomic E-state index is 5.76. The van der Waals surface area contributed by atoms with Gasteiger partial charge in [0.05, 0.1) is 17.8 Å². The average molecular weight is 212 g/mol. The molecule has 2 unspecified atom stereocenters. The van der Waals surface area contributed by atoms with Gasteiger partial charge in [-0.1, -0.05) is 0 Å². The van der Waals surface area contributed by atoms with Crippen molar-refractivity contribution in [2.24, 2.45) is 0 Å². The molecule has 2 atom stereocenters. The SMILES string of the molecule is CNC(c1ccsn1)C1CCCCO1. The van der Waals surface area contributed by atoms with E-state index in [4.69, 9.17) is 4.74 Å². The van der Waals surface area contributed by atoms with Crippen LogP contribution in [0.15, 0.2) is 11.4 Å². The van der Waals surface area contributed by atoms with Gasteiger partial charge in [-0.3, -0.25) is 0 Å². The summed E-state index contributed by atoms with van der Waals surface area (Å²) in [6, 6.07) is 2.34. The Hall–Kier alpha value is -0.450. The molecule has 0 radical (unpaired) electrons. The quantitative estimate of drug-likeness (QED) is 0.832. The van der Waals surface area contributed by atoms with E-state index < -0.39 is 0 Å². The van der Waals surface area contributed by atoms with Crippen molar-refractivity contribution in [3.05, 3.63) is 17.1 Å². The van der Waals surface area contributed by atoms with Crippen molar-refractivity contribution in [2.45, 2.75) is 31.4 Å². The molecular formula is C10H16N2OS. The molecule has 0 saturated carbocycles. The standard InChI is InChI=1S/C10H16N2OS/c1-11-10(8-5-7-14-12-8)9-4-2-3-6-13-9/h5,7,9-11H,2-4,6H2,1H3. The fourth-order valence-electron chi connectivity index (χ4n) is 1.94. The van der Waals surface area contributed by atoms with Crippen molar-refractivity contribution in [1.82, 2.24) is 9.69 Å². The summed E-state index contributed by atoms with van der Waals surface area (Å²) in [5.74, 6) is 0. The van der Waals surface area contributed by atoms with Crippen LogP contribution in [-0.4, -0.2) is 24.1 Å². The van der Waals surface area contributed by atoms with E-state index in [0.717, 1.165) is 18.7 Å². The van der Waals surface area contributed by atoms with Crippen molar-refractivity contribution in [3.8, 4) is 0 Å². The molecule has 1 aromatic rings. The molecule has 0 aliphatic carbocycles. The number of nitrogens with one attached hydrogen (secondary N) is 1. The second-order valence-electron chi connectivity index (χ2n) is 3.60. The van der Waals surface area contributed by atoms with Gasteiger partial charge in [0, 0.05) is 12.0 Å². The third-order valence-electron chi connectivity index (χ3n) is 2.67.